The molecule has 3 aromatic rings. The van der Waals surface area contributed by atoms with E-state index in [0.717, 1.165) is 5.56 Å². The SMILES string of the molecule is N#C/C(C(=O)Nc1ccc(F)cc1)=C1/SC(Cc2ccccc2)C(=O)N1c1ccccc1. The van der Waals surface area contributed by atoms with Gasteiger partial charge in [0.1, 0.15) is 22.5 Å². The minimum atomic E-state index is -0.657. The van der Waals surface area contributed by atoms with Crippen LogP contribution in [0.2, 0.25) is 0 Å². The number of para-hydroxylation sites is 1. The van der Waals surface area contributed by atoms with E-state index in [9.17, 15) is 19.2 Å². The molecular formula is C25H18FN3O2S. The number of thioether (sulfide) groups is 1. The number of nitriles is 1. The van der Waals surface area contributed by atoms with Crippen molar-refractivity contribution in [3.05, 3.63) is 107 Å². The summed E-state index contributed by atoms with van der Waals surface area (Å²) >= 11 is 1.20. The van der Waals surface area contributed by atoms with Crippen molar-refractivity contribution in [3.8, 4) is 6.07 Å². The van der Waals surface area contributed by atoms with E-state index in [4.69, 9.17) is 0 Å². The molecule has 158 valence electrons. The molecule has 0 aromatic heterocycles. The molecule has 3 aromatic carbocycles. The summed E-state index contributed by atoms with van der Waals surface area (Å²) in [5, 5.41) is 12.2. The van der Waals surface area contributed by atoms with Crippen molar-refractivity contribution in [2.45, 2.75) is 11.7 Å². The van der Waals surface area contributed by atoms with Crippen LogP contribution in [0, 0.1) is 17.1 Å². The monoisotopic (exact) mass is 443 g/mol. The fraction of sp³-hybridized carbons (Fsp3) is 0.0800. The number of rotatable bonds is 5. The zero-order chi connectivity index (χ0) is 22.5. The van der Waals surface area contributed by atoms with Crippen LogP contribution in [0.25, 0.3) is 0 Å². The van der Waals surface area contributed by atoms with Gasteiger partial charge < -0.3 is 5.32 Å². The van der Waals surface area contributed by atoms with Crippen LogP contribution in [0.1, 0.15) is 5.56 Å². The summed E-state index contributed by atoms with van der Waals surface area (Å²) in [5.41, 5.74) is 1.75. The molecule has 1 aliphatic rings. The average molecular weight is 444 g/mol. The van der Waals surface area contributed by atoms with Gasteiger partial charge in [0.15, 0.2) is 0 Å². The third-order valence-electron chi connectivity index (χ3n) is 4.89. The Morgan fingerprint density at radius 2 is 1.62 bits per heavy atom. The van der Waals surface area contributed by atoms with E-state index in [0.29, 0.717) is 17.8 Å². The molecule has 7 heteroatoms. The van der Waals surface area contributed by atoms with Gasteiger partial charge in [0.05, 0.1) is 5.25 Å². The summed E-state index contributed by atoms with van der Waals surface area (Å²) in [7, 11) is 0. The van der Waals surface area contributed by atoms with Crippen molar-refractivity contribution >= 4 is 35.0 Å². The second-order valence-electron chi connectivity index (χ2n) is 7.06. The zero-order valence-corrected chi connectivity index (χ0v) is 17.7. The molecule has 0 saturated carbocycles. The Hall–Kier alpha value is -3.89. The first kappa shape index (κ1) is 21.3. The van der Waals surface area contributed by atoms with Gasteiger partial charge in [0.25, 0.3) is 5.91 Å². The molecule has 32 heavy (non-hydrogen) atoms. The summed E-state index contributed by atoms with van der Waals surface area (Å²) < 4.78 is 13.2. The van der Waals surface area contributed by atoms with E-state index < -0.39 is 17.0 Å². The lowest BCUT2D eigenvalue weighted by atomic mass is 10.1. The van der Waals surface area contributed by atoms with E-state index in [2.05, 4.69) is 5.32 Å². The van der Waals surface area contributed by atoms with Crippen molar-refractivity contribution in [1.29, 1.82) is 5.26 Å². The highest BCUT2D eigenvalue weighted by Crippen LogP contribution is 2.42. The van der Waals surface area contributed by atoms with Crippen molar-refractivity contribution in [2.24, 2.45) is 0 Å². The average Bonchev–Trinajstić information content (AvgIpc) is 3.12. The molecular weight excluding hydrogens is 425 g/mol. The quantitative estimate of drug-likeness (QED) is 0.450. The number of hydrogen-bond acceptors (Lipinski definition) is 4. The van der Waals surface area contributed by atoms with E-state index in [1.54, 1.807) is 24.3 Å². The fourth-order valence-corrected chi connectivity index (χ4v) is 4.66. The van der Waals surface area contributed by atoms with E-state index in [1.165, 1.54) is 40.9 Å². The van der Waals surface area contributed by atoms with Crippen LogP contribution in [0.3, 0.4) is 0 Å². The molecule has 5 nitrogen and oxygen atoms in total. The highest BCUT2D eigenvalue weighted by Gasteiger charge is 2.40. The number of nitrogens with zero attached hydrogens (tertiary/aromatic N) is 2. The van der Waals surface area contributed by atoms with Gasteiger partial charge in [-0.25, -0.2) is 4.39 Å². The number of carbonyl (C=O) groups excluding carboxylic acids is 2. The maximum absolute atomic E-state index is 13.3. The number of amides is 2. The first-order chi connectivity index (χ1) is 15.6. The lowest BCUT2D eigenvalue weighted by Gasteiger charge is -2.18. The van der Waals surface area contributed by atoms with Crippen LogP contribution in [0.5, 0.6) is 0 Å². The van der Waals surface area contributed by atoms with Crippen LogP contribution in [0.15, 0.2) is 95.5 Å². The second kappa shape index (κ2) is 9.50. The molecule has 1 fully saturated rings. The minimum Gasteiger partial charge on any atom is -0.321 e. The molecule has 1 atom stereocenters. The highest BCUT2D eigenvalue weighted by molar-refractivity contribution is 8.05. The second-order valence-corrected chi connectivity index (χ2v) is 8.25. The number of carbonyl (C=O) groups is 2. The Labute approximate surface area is 189 Å². The molecule has 1 N–H and O–H groups in total. The number of nitrogens with one attached hydrogen (secondary N) is 1. The number of hydrogen-bond donors (Lipinski definition) is 1. The predicted molar refractivity (Wildman–Crippen MR) is 123 cm³/mol. The van der Waals surface area contributed by atoms with E-state index >= 15 is 0 Å². The van der Waals surface area contributed by atoms with Gasteiger partial charge >= 0.3 is 0 Å². The Kier molecular flexibility index (Phi) is 6.34. The summed E-state index contributed by atoms with van der Waals surface area (Å²) in [5.74, 6) is -1.28. The predicted octanol–water partition coefficient (Wildman–Crippen LogP) is 4.89. The van der Waals surface area contributed by atoms with E-state index in [-0.39, 0.29) is 16.5 Å². The van der Waals surface area contributed by atoms with Crippen molar-refractivity contribution in [3.63, 3.8) is 0 Å². The lowest BCUT2D eigenvalue weighted by molar-refractivity contribution is -0.117. The standard InChI is InChI=1S/C25H18FN3O2S/c26-18-11-13-19(14-12-18)28-23(30)21(16-27)25-29(20-9-5-2-6-10-20)24(31)22(32-25)15-17-7-3-1-4-8-17/h1-14,22H,15H2,(H,28,30)/b25-21-. The summed E-state index contributed by atoms with van der Waals surface area (Å²) in [6.07, 6.45) is 0.468. The molecule has 2 amide bonds. The van der Waals surface area contributed by atoms with Crippen LogP contribution in [0.4, 0.5) is 15.8 Å². The van der Waals surface area contributed by atoms with Gasteiger partial charge in [0, 0.05) is 11.4 Å². The van der Waals surface area contributed by atoms with Gasteiger partial charge in [-0.2, -0.15) is 5.26 Å². The molecule has 1 heterocycles. The Bertz CT molecular complexity index is 1210. The normalized spacial score (nSPS) is 17.1. The number of halogens is 1. The first-order valence-corrected chi connectivity index (χ1v) is 10.8. The number of benzene rings is 3. The van der Waals surface area contributed by atoms with Gasteiger partial charge in [-0.1, -0.05) is 60.3 Å². The Morgan fingerprint density at radius 3 is 2.25 bits per heavy atom. The van der Waals surface area contributed by atoms with Crippen LogP contribution < -0.4 is 10.2 Å². The van der Waals surface area contributed by atoms with Crippen LogP contribution >= 0.6 is 11.8 Å². The van der Waals surface area contributed by atoms with Gasteiger partial charge in [-0.3, -0.25) is 14.5 Å². The molecule has 0 aliphatic carbocycles. The summed E-state index contributed by atoms with van der Waals surface area (Å²) in [6.45, 7) is 0. The van der Waals surface area contributed by atoms with Crippen molar-refractivity contribution < 1.29 is 14.0 Å². The molecule has 0 bridgehead atoms. The molecule has 4 rings (SSSR count). The van der Waals surface area contributed by atoms with Crippen LogP contribution in [-0.2, 0) is 16.0 Å². The van der Waals surface area contributed by atoms with Crippen LogP contribution in [-0.4, -0.2) is 17.1 Å². The topological polar surface area (TPSA) is 73.2 Å². The number of anilines is 2. The fourth-order valence-electron chi connectivity index (χ4n) is 3.35. The maximum atomic E-state index is 13.3. The third kappa shape index (κ3) is 4.56. The lowest BCUT2D eigenvalue weighted by Crippen LogP contribution is -2.30. The highest BCUT2D eigenvalue weighted by atomic mass is 32.2. The summed E-state index contributed by atoms with van der Waals surface area (Å²) in [6, 6.07) is 25.7. The van der Waals surface area contributed by atoms with Gasteiger partial charge in [0.2, 0.25) is 5.91 Å². The minimum absolute atomic E-state index is 0.174. The Morgan fingerprint density at radius 1 is 1.00 bits per heavy atom. The molecule has 1 saturated heterocycles. The Balaban J connectivity index is 1.70. The molecule has 1 aliphatic heterocycles. The summed E-state index contributed by atoms with van der Waals surface area (Å²) in [4.78, 5) is 27.7. The molecule has 1 unspecified atom stereocenters. The molecule has 0 spiro atoms. The maximum Gasteiger partial charge on any atom is 0.269 e. The largest absolute Gasteiger partial charge is 0.321 e. The van der Waals surface area contributed by atoms with Crippen molar-refractivity contribution in [1.82, 2.24) is 0 Å². The first-order valence-electron chi connectivity index (χ1n) is 9.87. The van der Waals surface area contributed by atoms with Gasteiger partial charge in [-0.05, 0) is 48.4 Å². The van der Waals surface area contributed by atoms with E-state index in [1.807, 2.05) is 42.5 Å². The smallest absolute Gasteiger partial charge is 0.269 e. The molecule has 0 radical (unpaired) electrons. The zero-order valence-electron chi connectivity index (χ0n) is 16.9. The third-order valence-corrected chi connectivity index (χ3v) is 6.15. The van der Waals surface area contributed by atoms with Crippen molar-refractivity contribution in [2.75, 3.05) is 10.2 Å². The van der Waals surface area contributed by atoms with Gasteiger partial charge in [-0.15, -0.1) is 0 Å².